The predicted octanol–water partition coefficient (Wildman–Crippen LogP) is 3.93. The summed E-state index contributed by atoms with van der Waals surface area (Å²) in [7, 11) is 0. The molecule has 0 aliphatic carbocycles. The second kappa shape index (κ2) is 8.15. The van der Waals surface area contributed by atoms with Crippen molar-refractivity contribution in [1.29, 1.82) is 0 Å². The van der Waals surface area contributed by atoms with E-state index in [1.165, 1.54) is 5.56 Å². The normalized spacial score (nSPS) is 10.7. The topological polar surface area (TPSA) is 51.0 Å². The van der Waals surface area contributed by atoms with E-state index in [0.717, 1.165) is 12.1 Å². The van der Waals surface area contributed by atoms with Gasteiger partial charge in [0.05, 0.1) is 11.4 Å². The highest BCUT2D eigenvalue weighted by atomic mass is 35.5. The van der Waals surface area contributed by atoms with Crippen molar-refractivity contribution < 1.29 is 4.79 Å². The molecule has 0 fully saturated rings. The molecule has 3 aromatic rings. The maximum absolute atomic E-state index is 12.9. The Morgan fingerprint density at radius 3 is 2.62 bits per heavy atom. The van der Waals surface area contributed by atoms with Gasteiger partial charge in [-0.2, -0.15) is 0 Å². The van der Waals surface area contributed by atoms with E-state index in [2.05, 4.69) is 22.4 Å². The minimum absolute atomic E-state index is 0.103. The van der Waals surface area contributed by atoms with E-state index in [1.807, 2.05) is 44.2 Å². The zero-order valence-corrected chi connectivity index (χ0v) is 15.6. The largest absolute Gasteiger partial charge is 0.337 e. The van der Waals surface area contributed by atoms with Crippen molar-refractivity contribution >= 4 is 17.5 Å². The first-order valence-corrected chi connectivity index (χ1v) is 8.99. The average molecular weight is 369 g/mol. The van der Waals surface area contributed by atoms with Crippen LogP contribution in [0.1, 0.15) is 28.7 Å². The molecule has 1 amide bonds. The summed E-state index contributed by atoms with van der Waals surface area (Å²) in [5.74, 6) is -0.103. The minimum Gasteiger partial charge on any atom is -0.337 e. The molecule has 2 aromatic carbocycles. The third-order valence-corrected chi connectivity index (χ3v) is 4.57. The van der Waals surface area contributed by atoms with Gasteiger partial charge >= 0.3 is 0 Å². The van der Waals surface area contributed by atoms with E-state index in [1.54, 1.807) is 21.7 Å². The van der Waals surface area contributed by atoms with Crippen molar-refractivity contribution in [3.8, 4) is 5.69 Å². The quantitative estimate of drug-likeness (QED) is 0.662. The van der Waals surface area contributed by atoms with Crippen molar-refractivity contribution in [1.82, 2.24) is 19.9 Å². The SMILES string of the molecule is CCN(CCc1ccccc1)C(=O)c1nnn(-c2cccc(Cl)c2)c1C. The fourth-order valence-corrected chi connectivity index (χ4v) is 3.03. The number of likely N-dealkylation sites (N-methyl/N-ethyl adjacent to an activating group) is 1. The Morgan fingerprint density at radius 1 is 1.15 bits per heavy atom. The average Bonchev–Trinajstić information content (AvgIpc) is 3.04. The number of halogens is 1. The first-order chi connectivity index (χ1) is 12.6. The summed E-state index contributed by atoms with van der Waals surface area (Å²) in [6.45, 7) is 5.08. The molecule has 26 heavy (non-hydrogen) atoms. The van der Waals surface area contributed by atoms with Gasteiger partial charge in [-0.05, 0) is 44.0 Å². The van der Waals surface area contributed by atoms with Crippen molar-refractivity contribution in [2.75, 3.05) is 13.1 Å². The monoisotopic (exact) mass is 368 g/mol. The Bertz CT molecular complexity index is 892. The Balaban J connectivity index is 1.78. The van der Waals surface area contributed by atoms with Gasteiger partial charge < -0.3 is 4.90 Å². The molecule has 1 heterocycles. The van der Waals surface area contributed by atoms with Crippen LogP contribution in [0.4, 0.5) is 0 Å². The van der Waals surface area contributed by atoms with Crippen LogP contribution in [0.2, 0.25) is 5.02 Å². The molecule has 134 valence electrons. The number of rotatable bonds is 6. The molecule has 0 atom stereocenters. The van der Waals surface area contributed by atoms with Gasteiger partial charge in [0.1, 0.15) is 0 Å². The van der Waals surface area contributed by atoms with Crippen LogP contribution in [0.25, 0.3) is 5.69 Å². The zero-order chi connectivity index (χ0) is 18.5. The lowest BCUT2D eigenvalue weighted by Crippen LogP contribution is -2.33. The summed E-state index contributed by atoms with van der Waals surface area (Å²) in [5, 5.41) is 8.88. The molecule has 0 saturated heterocycles. The van der Waals surface area contributed by atoms with Crippen molar-refractivity contribution in [3.05, 3.63) is 76.6 Å². The molecule has 0 saturated carbocycles. The van der Waals surface area contributed by atoms with Crippen molar-refractivity contribution in [3.63, 3.8) is 0 Å². The van der Waals surface area contributed by atoms with Crippen LogP contribution in [0.3, 0.4) is 0 Å². The summed E-state index contributed by atoms with van der Waals surface area (Å²) in [4.78, 5) is 14.7. The summed E-state index contributed by atoms with van der Waals surface area (Å²) >= 11 is 6.05. The van der Waals surface area contributed by atoms with Gasteiger partial charge in [0.25, 0.3) is 5.91 Å². The Hall–Kier alpha value is -2.66. The molecule has 0 N–H and O–H groups in total. The second-order valence-electron chi connectivity index (χ2n) is 6.04. The molecule has 3 rings (SSSR count). The number of aromatic nitrogens is 3. The summed E-state index contributed by atoms with van der Waals surface area (Å²) in [6.07, 6.45) is 0.807. The summed E-state index contributed by atoms with van der Waals surface area (Å²) < 4.78 is 1.64. The fourth-order valence-electron chi connectivity index (χ4n) is 2.84. The van der Waals surface area contributed by atoms with E-state index in [-0.39, 0.29) is 5.91 Å². The lowest BCUT2D eigenvalue weighted by atomic mass is 10.1. The first-order valence-electron chi connectivity index (χ1n) is 8.61. The molecule has 0 radical (unpaired) electrons. The van der Waals surface area contributed by atoms with Crippen LogP contribution in [0.15, 0.2) is 54.6 Å². The Morgan fingerprint density at radius 2 is 1.92 bits per heavy atom. The highest BCUT2D eigenvalue weighted by Crippen LogP contribution is 2.17. The van der Waals surface area contributed by atoms with E-state index in [4.69, 9.17) is 11.6 Å². The molecular formula is C20H21ClN4O. The van der Waals surface area contributed by atoms with Crippen LogP contribution in [0, 0.1) is 6.92 Å². The van der Waals surface area contributed by atoms with Crippen LogP contribution < -0.4 is 0 Å². The van der Waals surface area contributed by atoms with Gasteiger partial charge in [-0.1, -0.05) is 53.2 Å². The third-order valence-electron chi connectivity index (χ3n) is 4.33. The molecule has 1 aromatic heterocycles. The van der Waals surface area contributed by atoms with E-state index in [9.17, 15) is 4.79 Å². The van der Waals surface area contributed by atoms with E-state index < -0.39 is 0 Å². The van der Waals surface area contributed by atoms with Crippen LogP contribution in [0.5, 0.6) is 0 Å². The highest BCUT2D eigenvalue weighted by Gasteiger charge is 2.22. The molecule has 6 heteroatoms. The number of hydrogen-bond donors (Lipinski definition) is 0. The van der Waals surface area contributed by atoms with Gasteiger partial charge in [0.15, 0.2) is 5.69 Å². The first kappa shape index (κ1) is 18.1. The van der Waals surface area contributed by atoms with Gasteiger partial charge in [-0.3, -0.25) is 4.79 Å². The van der Waals surface area contributed by atoms with Crippen LogP contribution >= 0.6 is 11.6 Å². The molecule has 0 unspecified atom stereocenters. The lowest BCUT2D eigenvalue weighted by molar-refractivity contribution is 0.0759. The Kier molecular flexibility index (Phi) is 5.68. The van der Waals surface area contributed by atoms with Crippen molar-refractivity contribution in [2.24, 2.45) is 0 Å². The maximum atomic E-state index is 12.9. The number of carbonyl (C=O) groups excluding carboxylic acids is 1. The maximum Gasteiger partial charge on any atom is 0.276 e. The third kappa shape index (κ3) is 3.94. The van der Waals surface area contributed by atoms with Crippen LogP contribution in [-0.4, -0.2) is 38.9 Å². The molecule has 0 aliphatic rings. The zero-order valence-electron chi connectivity index (χ0n) is 14.9. The number of carbonyl (C=O) groups is 1. The standard InChI is InChI=1S/C20H21ClN4O/c1-3-24(13-12-16-8-5-4-6-9-16)20(26)19-15(2)25(23-22-19)18-11-7-10-17(21)14-18/h4-11,14H,3,12-13H2,1-2H3. The van der Waals surface area contributed by atoms with Crippen molar-refractivity contribution in [2.45, 2.75) is 20.3 Å². The number of benzene rings is 2. The van der Waals surface area contributed by atoms with Crippen LogP contribution in [-0.2, 0) is 6.42 Å². The lowest BCUT2D eigenvalue weighted by Gasteiger charge is -2.20. The van der Waals surface area contributed by atoms with E-state index >= 15 is 0 Å². The fraction of sp³-hybridized carbons (Fsp3) is 0.250. The molecule has 0 aliphatic heterocycles. The summed E-state index contributed by atoms with van der Waals surface area (Å²) in [6, 6.07) is 17.5. The molecule has 0 spiro atoms. The van der Waals surface area contributed by atoms with Gasteiger partial charge in [0, 0.05) is 18.1 Å². The smallest absolute Gasteiger partial charge is 0.276 e. The molecule has 0 bridgehead atoms. The van der Waals surface area contributed by atoms with E-state index in [0.29, 0.717) is 29.5 Å². The molecule has 5 nitrogen and oxygen atoms in total. The van der Waals surface area contributed by atoms with Gasteiger partial charge in [-0.25, -0.2) is 4.68 Å². The Labute approximate surface area is 158 Å². The minimum atomic E-state index is -0.103. The number of hydrogen-bond acceptors (Lipinski definition) is 3. The number of amides is 1. The summed E-state index contributed by atoms with van der Waals surface area (Å²) in [5.41, 5.74) is 3.07. The number of nitrogens with zero attached hydrogens (tertiary/aromatic N) is 4. The molecular weight excluding hydrogens is 348 g/mol. The highest BCUT2D eigenvalue weighted by molar-refractivity contribution is 6.30. The second-order valence-corrected chi connectivity index (χ2v) is 6.47. The predicted molar refractivity (Wildman–Crippen MR) is 103 cm³/mol. The van der Waals surface area contributed by atoms with Gasteiger partial charge in [0.2, 0.25) is 0 Å². The van der Waals surface area contributed by atoms with Gasteiger partial charge in [-0.15, -0.1) is 5.10 Å².